The van der Waals surface area contributed by atoms with Gasteiger partial charge in [0.25, 0.3) is 15.9 Å². The molecule has 3 amide bonds. The minimum atomic E-state index is -4.05. The van der Waals surface area contributed by atoms with Gasteiger partial charge in [-0.1, -0.05) is 48.0 Å². The molecule has 0 unspecified atom stereocenters. The van der Waals surface area contributed by atoms with Crippen LogP contribution in [0.15, 0.2) is 83.9 Å². The van der Waals surface area contributed by atoms with Gasteiger partial charge in [-0.3, -0.25) is 4.79 Å². The molecule has 0 bridgehead atoms. The molecule has 3 N–H and O–H groups in total. The van der Waals surface area contributed by atoms with Crippen molar-refractivity contribution in [3.8, 4) is 0 Å². The highest BCUT2D eigenvalue weighted by Gasteiger charge is 2.27. The fourth-order valence-electron chi connectivity index (χ4n) is 4.82. The highest BCUT2D eigenvalue weighted by molar-refractivity contribution is 7.90. The summed E-state index contributed by atoms with van der Waals surface area (Å²) in [6, 6.07) is 20.1. The molecule has 1 aromatic heterocycles. The van der Waals surface area contributed by atoms with Crippen LogP contribution in [0.4, 0.5) is 10.5 Å². The predicted molar refractivity (Wildman–Crippen MR) is 143 cm³/mol. The van der Waals surface area contributed by atoms with E-state index in [1.165, 1.54) is 23.1 Å². The van der Waals surface area contributed by atoms with E-state index in [1.807, 2.05) is 23.8 Å². The molecule has 2 heterocycles. The number of nitrogens with zero attached hydrogens (tertiary/aromatic N) is 1. The molecule has 9 heteroatoms. The number of sulfonamides is 1. The standard InChI is InChI=1S/C28H28N4O4S/c1-19-10-12-21(13-11-19)37(35,36)31-28(34)30-26-9-5-3-7-23(26)27(33)32-16-14-20(15-17-32)24-18-29-25-8-4-2-6-22(24)25/h2-13,18,20,29H,14-17H2,1H3,(H2,30,31,34). The lowest BCUT2D eigenvalue weighted by Crippen LogP contribution is -2.39. The lowest BCUT2D eigenvalue weighted by molar-refractivity contribution is 0.0714. The Balaban J connectivity index is 1.25. The van der Waals surface area contributed by atoms with E-state index in [2.05, 4.69) is 28.6 Å². The average Bonchev–Trinajstić information content (AvgIpc) is 3.33. The number of aromatic nitrogens is 1. The van der Waals surface area contributed by atoms with Crippen molar-refractivity contribution in [3.05, 3.63) is 95.7 Å². The number of amides is 3. The Bertz CT molecular complexity index is 1550. The SMILES string of the molecule is Cc1ccc(S(=O)(=O)NC(=O)Nc2ccccc2C(=O)N2CCC(c3c[nH]c4ccccc34)CC2)cc1. The third-order valence-electron chi connectivity index (χ3n) is 6.81. The van der Waals surface area contributed by atoms with Gasteiger partial charge in [0.1, 0.15) is 0 Å². The van der Waals surface area contributed by atoms with E-state index in [0.29, 0.717) is 24.6 Å². The Morgan fingerprint density at radius 1 is 0.919 bits per heavy atom. The van der Waals surface area contributed by atoms with Crippen molar-refractivity contribution in [1.82, 2.24) is 14.6 Å². The Kier molecular flexibility index (Phi) is 6.71. The number of piperidine rings is 1. The highest BCUT2D eigenvalue weighted by atomic mass is 32.2. The number of para-hydroxylation sites is 2. The van der Waals surface area contributed by atoms with E-state index >= 15 is 0 Å². The van der Waals surface area contributed by atoms with Gasteiger partial charge in [0.15, 0.2) is 0 Å². The Morgan fingerprint density at radius 2 is 1.59 bits per heavy atom. The average molecular weight is 517 g/mol. The van der Waals surface area contributed by atoms with Crippen molar-refractivity contribution in [1.29, 1.82) is 0 Å². The smallest absolute Gasteiger partial charge is 0.333 e. The summed E-state index contributed by atoms with van der Waals surface area (Å²) in [5.41, 5.74) is 3.86. The van der Waals surface area contributed by atoms with E-state index in [9.17, 15) is 18.0 Å². The summed E-state index contributed by atoms with van der Waals surface area (Å²) in [7, 11) is -4.05. The van der Waals surface area contributed by atoms with E-state index < -0.39 is 16.1 Å². The molecule has 190 valence electrons. The lowest BCUT2D eigenvalue weighted by Gasteiger charge is -2.32. The molecular formula is C28H28N4O4S. The van der Waals surface area contributed by atoms with Crippen LogP contribution in [0.5, 0.6) is 0 Å². The van der Waals surface area contributed by atoms with E-state index in [1.54, 1.807) is 41.3 Å². The largest absolute Gasteiger partial charge is 0.361 e. The summed E-state index contributed by atoms with van der Waals surface area (Å²) in [4.78, 5) is 31.0. The number of likely N-dealkylation sites (tertiary alicyclic amines) is 1. The van der Waals surface area contributed by atoms with Crippen LogP contribution in [0, 0.1) is 6.92 Å². The molecule has 1 fully saturated rings. The van der Waals surface area contributed by atoms with Gasteiger partial charge in [-0.2, -0.15) is 0 Å². The van der Waals surface area contributed by atoms with E-state index in [-0.39, 0.29) is 16.5 Å². The maximum atomic E-state index is 13.4. The van der Waals surface area contributed by atoms with Gasteiger partial charge in [0.05, 0.1) is 16.1 Å². The fraction of sp³-hybridized carbons (Fsp3) is 0.214. The first-order valence-corrected chi connectivity index (χ1v) is 13.6. The molecule has 0 saturated carbocycles. The number of hydrogen-bond donors (Lipinski definition) is 3. The molecule has 1 saturated heterocycles. The molecule has 3 aromatic carbocycles. The number of urea groups is 1. The summed E-state index contributed by atoms with van der Waals surface area (Å²) in [6.45, 7) is 3.02. The third-order valence-corrected chi connectivity index (χ3v) is 8.15. The normalized spacial score (nSPS) is 14.5. The van der Waals surface area contributed by atoms with Crippen LogP contribution in [0.3, 0.4) is 0 Å². The van der Waals surface area contributed by atoms with E-state index in [0.717, 1.165) is 23.9 Å². The maximum Gasteiger partial charge on any atom is 0.333 e. The number of rotatable bonds is 5. The van der Waals surface area contributed by atoms with Crippen molar-refractivity contribution in [3.63, 3.8) is 0 Å². The number of hydrogen-bond acceptors (Lipinski definition) is 4. The zero-order valence-corrected chi connectivity index (χ0v) is 21.2. The van der Waals surface area contributed by atoms with Crippen molar-refractivity contribution in [2.24, 2.45) is 0 Å². The van der Waals surface area contributed by atoms with Crippen LogP contribution >= 0.6 is 0 Å². The van der Waals surface area contributed by atoms with Crippen LogP contribution in [0.2, 0.25) is 0 Å². The Morgan fingerprint density at radius 3 is 2.35 bits per heavy atom. The van der Waals surface area contributed by atoms with Gasteiger partial charge in [0.2, 0.25) is 0 Å². The van der Waals surface area contributed by atoms with Gasteiger partial charge >= 0.3 is 6.03 Å². The molecule has 1 aliphatic rings. The molecule has 37 heavy (non-hydrogen) atoms. The lowest BCUT2D eigenvalue weighted by atomic mass is 9.89. The summed E-state index contributed by atoms with van der Waals surface area (Å²) in [5.74, 6) is 0.154. The van der Waals surface area contributed by atoms with Crippen LogP contribution in [0.1, 0.15) is 40.2 Å². The number of aromatic amines is 1. The van der Waals surface area contributed by atoms with Crippen LogP contribution in [0.25, 0.3) is 10.9 Å². The number of nitrogens with one attached hydrogen (secondary N) is 3. The second-order valence-corrected chi connectivity index (χ2v) is 11.0. The van der Waals surface area contributed by atoms with Gasteiger partial charge in [0, 0.05) is 30.2 Å². The molecule has 8 nitrogen and oxygen atoms in total. The number of H-pyrrole nitrogens is 1. The van der Waals surface area contributed by atoms with Gasteiger partial charge < -0.3 is 15.2 Å². The number of anilines is 1. The van der Waals surface area contributed by atoms with Crippen LogP contribution < -0.4 is 10.0 Å². The molecule has 1 aliphatic heterocycles. The predicted octanol–water partition coefficient (Wildman–Crippen LogP) is 5.01. The minimum absolute atomic E-state index is 0.0179. The second kappa shape index (κ2) is 10.1. The van der Waals surface area contributed by atoms with Gasteiger partial charge in [-0.25, -0.2) is 17.9 Å². The third kappa shape index (κ3) is 5.22. The minimum Gasteiger partial charge on any atom is -0.361 e. The molecule has 5 rings (SSSR count). The topological polar surface area (TPSA) is 111 Å². The number of carbonyl (C=O) groups excluding carboxylic acids is 2. The molecule has 0 spiro atoms. The maximum absolute atomic E-state index is 13.4. The molecule has 0 aliphatic carbocycles. The van der Waals surface area contributed by atoms with E-state index in [4.69, 9.17) is 0 Å². The summed E-state index contributed by atoms with van der Waals surface area (Å²) >= 11 is 0. The molecule has 0 radical (unpaired) electrons. The first-order valence-electron chi connectivity index (χ1n) is 12.2. The van der Waals surface area contributed by atoms with Crippen molar-refractivity contribution in [2.75, 3.05) is 18.4 Å². The number of carbonyl (C=O) groups is 2. The van der Waals surface area contributed by atoms with Gasteiger partial charge in [-0.15, -0.1) is 0 Å². The zero-order valence-electron chi connectivity index (χ0n) is 20.4. The Hall–Kier alpha value is -4.11. The summed E-state index contributed by atoms with van der Waals surface area (Å²) in [5, 5.41) is 3.75. The van der Waals surface area contributed by atoms with Crippen molar-refractivity contribution < 1.29 is 18.0 Å². The zero-order chi connectivity index (χ0) is 26.0. The molecular weight excluding hydrogens is 488 g/mol. The molecule has 4 aromatic rings. The quantitative estimate of drug-likeness (QED) is 0.346. The summed E-state index contributed by atoms with van der Waals surface area (Å²) < 4.78 is 27.2. The monoisotopic (exact) mass is 516 g/mol. The molecule has 0 atom stereocenters. The highest BCUT2D eigenvalue weighted by Crippen LogP contribution is 2.33. The number of benzene rings is 3. The first-order chi connectivity index (χ1) is 17.8. The summed E-state index contributed by atoms with van der Waals surface area (Å²) in [6.07, 6.45) is 3.73. The van der Waals surface area contributed by atoms with Crippen LogP contribution in [-0.4, -0.2) is 43.3 Å². The Labute approximate surface area is 215 Å². The fourth-order valence-corrected chi connectivity index (χ4v) is 5.73. The second-order valence-electron chi connectivity index (χ2n) is 9.27. The first kappa shape index (κ1) is 24.6. The number of aryl methyl sites for hydroxylation is 1. The van der Waals surface area contributed by atoms with Crippen molar-refractivity contribution in [2.45, 2.75) is 30.6 Å². The van der Waals surface area contributed by atoms with Gasteiger partial charge in [-0.05, 0) is 61.6 Å². The van der Waals surface area contributed by atoms with Crippen molar-refractivity contribution >= 4 is 38.6 Å². The van der Waals surface area contributed by atoms with Crippen LogP contribution in [-0.2, 0) is 10.0 Å². The number of fused-ring (bicyclic) bond motifs is 1.